The zero-order valence-corrected chi connectivity index (χ0v) is 18.5. The van der Waals surface area contributed by atoms with Crippen LogP contribution in [-0.4, -0.2) is 38.4 Å². The monoisotopic (exact) mass is 458 g/mol. The molecule has 158 valence electrons. The number of benzene rings is 1. The fourth-order valence-corrected chi connectivity index (χ4v) is 3.93. The third kappa shape index (κ3) is 7.47. The molecule has 0 aliphatic heterocycles. The van der Waals surface area contributed by atoms with E-state index in [9.17, 15) is 13.2 Å². The van der Waals surface area contributed by atoms with Gasteiger partial charge in [-0.3, -0.25) is 9.78 Å². The van der Waals surface area contributed by atoms with E-state index in [0.29, 0.717) is 13.0 Å². The lowest BCUT2D eigenvalue weighted by Gasteiger charge is -2.23. The van der Waals surface area contributed by atoms with E-state index in [4.69, 9.17) is 23.2 Å². The van der Waals surface area contributed by atoms with Crippen molar-refractivity contribution in [1.82, 2.24) is 15.0 Å². The highest BCUT2D eigenvalue weighted by molar-refractivity contribution is 7.89. The number of carbonyl (C=O) groups is 1. The number of hydrogen-bond acceptors (Lipinski definition) is 5. The van der Waals surface area contributed by atoms with Crippen LogP contribution in [0.2, 0.25) is 10.0 Å². The number of nitrogens with zero attached hydrogens (tertiary/aromatic N) is 1. The molecule has 0 saturated heterocycles. The number of hydrogen-bond donors (Lipinski definition) is 3. The van der Waals surface area contributed by atoms with Gasteiger partial charge in [0.25, 0.3) is 0 Å². The molecule has 0 spiro atoms. The standard InChI is InChI=1S/C19H24Cl2N4O3S/c1-13(2)18(7-10-23-14-5-8-22-9-6-14)25-19(26)12-24-29(27,28)15-3-4-16(20)17(21)11-15/h3-6,8-9,11,13,18,24H,7,10,12H2,1-2H3,(H,22,23)(H,25,26)/t18-/m1/s1. The van der Waals surface area contributed by atoms with Crippen LogP contribution < -0.4 is 15.4 Å². The highest BCUT2D eigenvalue weighted by atomic mass is 35.5. The number of carbonyl (C=O) groups excluding carboxylic acids is 1. The van der Waals surface area contributed by atoms with Crippen LogP contribution in [0.15, 0.2) is 47.6 Å². The molecule has 2 aromatic rings. The minimum atomic E-state index is -3.88. The van der Waals surface area contributed by atoms with Gasteiger partial charge in [-0.15, -0.1) is 0 Å². The van der Waals surface area contributed by atoms with Gasteiger partial charge in [0.15, 0.2) is 0 Å². The van der Waals surface area contributed by atoms with Crippen LogP contribution in [0.4, 0.5) is 5.69 Å². The lowest BCUT2D eigenvalue weighted by atomic mass is 10.0. The molecule has 0 bridgehead atoms. The Morgan fingerprint density at radius 3 is 2.41 bits per heavy atom. The van der Waals surface area contributed by atoms with Gasteiger partial charge in [-0.2, -0.15) is 0 Å². The van der Waals surface area contributed by atoms with Crippen LogP contribution >= 0.6 is 23.2 Å². The number of pyridine rings is 1. The SMILES string of the molecule is CC(C)[C@@H](CCNc1ccncc1)NC(=O)CNS(=O)(=O)c1ccc(Cl)c(Cl)c1. The van der Waals surface area contributed by atoms with Gasteiger partial charge in [0, 0.05) is 30.7 Å². The number of halogens is 2. The minimum absolute atomic E-state index is 0.0540. The Bertz CT molecular complexity index is 924. The van der Waals surface area contributed by atoms with E-state index in [-0.39, 0.29) is 33.4 Å². The van der Waals surface area contributed by atoms with E-state index in [1.165, 1.54) is 18.2 Å². The summed E-state index contributed by atoms with van der Waals surface area (Å²) >= 11 is 11.7. The molecule has 1 aromatic heterocycles. The molecule has 1 heterocycles. The molecule has 0 unspecified atom stereocenters. The van der Waals surface area contributed by atoms with Crippen molar-refractivity contribution in [2.45, 2.75) is 31.2 Å². The quantitative estimate of drug-likeness (QED) is 0.506. The summed E-state index contributed by atoms with van der Waals surface area (Å²) < 4.78 is 27.0. The van der Waals surface area contributed by atoms with Gasteiger partial charge >= 0.3 is 0 Å². The predicted molar refractivity (Wildman–Crippen MR) is 116 cm³/mol. The first-order valence-electron chi connectivity index (χ1n) is 9.07. The minimum Gasteiger partial charge on any atom is -0.385 e. The Morgan fingerprint density at radius 2 is 1.79 bits per heavy atom. The summed E-state index contributed by atoms with van der Waals surface area (Å²) in [7, 11) is -3.88. The summed E-state index contributed by atoms with van der Waals surface area (Å²) in [5, 5.41) is 6.53. The maximum Gasteiger partial charge on any atom is 0.241 e. The van der Waals surface area contributed by atoms with E-state index in [0.717, 1.165) is 5.69 Å². The molecule has 0 aliphatic rings. The molecule has 29 heavy (non-hydrogen) atoms. The van der Waals surface area contributed by atoms with Crippen molar-refractivity contribution in [1.29, 1.82) is 0 Å². The average molecular weight is 459 g/mol. The maximum atomic E-state index is 12.3. The molecule has 1 atom stereocenters. The van der Waals surface area contributed by atoms with Gasteiger partial charge in [0.2, 0.25) is 15.9 Å². The number of rotatable bonds is 10. The van der Waals surface area contributed by atoms with Crippen molar-refractivity contribution in [3.8, 4) is 0 Å². The van der Waals surface area contributed by atoms with Gasteiger partial charge < -0.3 is 10.6 Å². The predicted octanol–water partition coefficient (Wildman–Crippen LogP) is 3.31. The first kappa shape index (κ1) is 23.4. The van der Waals surface area contributed by atoms with Gasteiger partial charge in [0.05, 0.1) is 21.5 Å². The summed E-state index contributed by atoms with van der Waals surface area (Å²) in [4.78, 5) is 16.2. The highest BCUT2D eigenvalue weighted by Gasteiger charge is 2.20. The Balaban J connectivity index is 1.86. The summed E-state index contributed by atoms with van der Waals surface area (Å²) in [6.45, 7) is 4.28. The zero-order chi connectivity index (χ0) is 21.4. The summed E-state index contributed by atoms with van der Waals surface area (Å²) in [5.41, 5.74) is 0.947. The topological polar surface area (TPSA) is 100 Å². The summed E-state index contributed by atoms with van der Waals surface area (Å²) in [6, 6.07) is 7.58. The molecular weight excluding hydrogens is 435 g/mol. The van der Waals surface area contributed by atoms with E-state index < -0.39 is 15.9 Å². The van der Waals surface area contributed by atoms with Crippen molar-refractivity contribution in [3.05, 3.63) is 52.8 Å². The molecule has 0 radical (unpaired) electrons. The molecule has 1 amide bonds. The Labute approximate surface area is 181 Å². The van der Waals surface area contributed by atoms with Crippen molar-refractivity contribution >= 4 is 44.8 Å². The van der Waals surface area contributed by atoms with Crippen molar-refractivity contribution < 1.29 is 13.2 Å². The number of anilines is 1. The second kappa shape index (κ2) is 10.8. The second-order valence-electron chi connectivity index (χ2n) is 6.77. The fraction of sp³-hybridized carbons (Fsp3) is 0.368. The normalized spacial score (nSPS) is 12.6. The van der Waals surface area contributed by atoms with Gasteiger partial charge in [0.1, 0.15) is 0 Å². The molecule has 0 saturated carbocycles. The molecule has 0 fully saturated rings. The first-order valence-corrected chi connectivity index (χ1v) is 11.3. The van der Waals surface area contributed by atoms with Crippen LogP contribution in [0.1, 0.15) is 20.3 Å². The molecular formula is C19H24Cl2N4O3S. The van der Waals surface area contributed by atoms with Crippen LogP contribution in [0.5, 0.6) is 0 Å². The number of aromatic nitrogens is 1. The van der Waals surface area contributed by atoms with E-state index in [2.05, 4.69) is 20.3 Å². The smallest absolute Gasteiger partial charge is 0.241 e. The van der Waals surface area contributed by atoms with E-state index >= 15 is 0 Å². The second-order valence-corrected chi connectivity index (χ2v) is 9.35. The molecule has 3 N–H and O–H groups in total. The van der Waals surface area contributed by atoms with Crippen LogP contribution in [-0.2, 0) is 14.8 Å². The van der Waals surface area contributed by atoms with Crippen molar-refractivity contribution in [2.75, 3.05) is 18.4 Å². The Morgan fingerprint density at radius 1 is 1.10 bits per heavy atom. The lowest BCUT2D eigenvalue weighted by Crippen LogP contribution is -2.44. The third-order valence-corrected chi connectivity index (χ3v) is 6.38. The van der Waals surface area contributed by atoms with E-state index in [1.54, 1.807) is 12.4 Å². The van der Waals surface area contributed by atoms with Crippen molar-refractivity contribution in [2.24, 2.45) is 5.92 Å². The fourth-order valence-electron chi connectivity index (χ4n) is 2.56. The Kier molecular flexibility index (Phi) is 8.70. The van der Waals surface area contributed by atoms with Gasteiger partial charge in [-0.25, -0.2) is 13.1 Å². The molecule has 10 heteroatoms. The summed E-state index contributed by atoms with van der Waals surface area (Å²) in [5.74, 6) is -0.221. The number of nitrogens with one attached hydrogen (secondary N) is 3. The number of amides is 1. The molecule has 2 rings (SSSR count). The van der Waals surface area contributed by atoms with Gasteiger partial charge in [-0.1, -0.05) is 37.0 Å². The number of sulfonamides is 1. The third-order valence-electron chi connectivity index (χ3n) is 4.24. The van der Waals surface area contributed by atoms with Crippen LogP contribution in [0.3, 0.4) is 0 Å². The average Bonchev–Trinajstić information content (AvgIpc) is 2.68. The van der Waals surface area contributed by atoms with Crippen molar-refractivity contribution in [3.63, 3.8) is 0 Å². The molecule has 1 aromatic carbocycles. The summed E-state index contributed by atoms with van der Waals surface area (Å²) in [6.07, 6.45) is 4.08. The largest absolute Gasteiger partial charge is 0.385 e. The van der Waals surface area contributed by atoms with Crippen LogP contribution in [0, 0.1) is 5.92 Å². The van der Waals surface area contributed by atoms with E-state index in [1.807, 2.05) is 26.0 Å². The van der Waals surface area contributed by atoms with Gasteiger partial charge in [-0.05, 0) is 42.7 Å². The highest BCUT2D eigenvalue weighted by Crippen LogP contribution is 2.24. The molecule has 7 nitrogen and oxygen atoms in total. The maximum absolute atomic E-state index is 12.3. The lowest BCUT2D eigenvalue weighted by molar-refractivity contribution is -0.121. The zero-order valence-electron chi connectivity index (χ0n) is 16.2. The molecule has 0 aliphatic carbocycles. The first-order chi connectivity index (χ1) is 13.7. The Hall–Kier alpha value is -1.87. The van der Waals surface area contributed by atoms with Crippen LogP contribution in [0.25, 0.3) is 0 Å².